The van der Waals surface area contributed by atoms with E-state index in [-0.39, 0.29) is 22.7 Å². The lowest BCUT2D eigenvalue weighted by Crippen LogP contribution is -2.20. The lowest BCUT2D eigenvalue weighted by atomic mass is 9.99. The standard InChI is InChI=1S/C23H16N2O5/c1-24-21-10-6-5-9-17(21)20(22(24)26)14-30-23(27)18-12-11-16(25(28)29)13-19(18)15-7-3-2-4-8-15/h2-14H,1H3/b20-14+. The first-order valence-corrected chi connectivity index (χ1v) is 9.10. The van der Waals surface area contributed by atoms with Crippen LogP contribution in [-0.4, -0.2) is 23.8 Å². The molecule has 0 spiro atoms. The Balaban J connectivity index is 1.70. The summed E-state index contributed by atoms with van der Waals surface area (Å²) in [5.74, 6) is -0.993. The highest BCUT2D eigenvalue weighted by molar-refractivity contribution is 6.32. The highest BCUT2D eigenvalue weighted by Gasteiger charge is 2.30. The zero-order chi connectivity index (χ0) is 21.3. The summed E-state index contributed by atoms with van der Waals surface area (Å²) in [6, 6.07) is 20.0. The topological polar surface area (TPSA) is 89.8 Å². The van der Waals surface area contributed by atoms with Gasteiger partial charge in [0.1, 0.15) is 6.26 Å². The van der Waals surface area contributed by atoms with Gasteiger partial charge >= 0.3 is 5.97 Å². The molecule has 3 aromatic carbocycles. The van der Waals surface area contributed by atoms with Gasteiger partial charge in [0.15, 0.2) is 0 Å². The second-order valence-electron chi connectivity index (χ2n) is 6.67. The maximum Gasteiger partial charge on any atom is 0.343 e. The van der Waals surface area contributed by atoms with Crippen molar-refractivity contribution in [1.29, 1.82) is 0 Å². The number of esters is 1. The number of carbonyl (C=O) groups is 2. The Hall–Kier alpha value is -4.26. The van der Waals surface area contributed by atoms with Gasteiger partial charge in [-0.3, -0.25) is 14.9 Å². The van der Waals surface area contributed by atoms with Gasteiger partial charge < -0.3 is 9.64 Å². The van der Waals surface area contributed by atoms with Crippen molar-refractivity contribution in [2.45, 2.75) is 0 Å². The zero-order valence-electron chi connectivity index (χ0n) is 15.9. The van der Waals surface area contributed by atoms with E-state index < -0.39 is 10.9 Å². The quantitative estimate of drug-likeness (QED) is 0.212. The Morgan fingerprint density at radius 2 is 1.70 bits per heavy atom. The van der Waals surface area contributed by atoms with E-state index in [0.717, 1.165) is 11.9 Å². The van der Waals surface area contributed by atoms with Gasteiger partial charge in [-0.05, 0) is 17.7 Å². The second kappa shape index (κ2) is 7.63. The summed E-state index contributed by atoms with van der Waals surface area (Å²) in [6.07, 6.45) is 1.14. The van der Waals surface area contributed by atoms with Crippen LogP contribution in [0.4, 0.5) is 11.4 Å². The van der Waals surface area contributed by atoms with Crippen molar-refractivity contribution in [2.75, 3.05) is 11.9 Å². The number of likely N-dealkylation sites (N-methyl/N-ethyl adjacent to an activating group) is 1. The molecule has 0 bridgehead atoms. The summed E-state index contributed by atoms with van der Waals surface area (Å²) in [4.78, 5) is 37.5. The molecule has 1 amide bonds. The van der Waals surface area contributed by atoms with Crippen LogP contribution in [0.2, 0.25) is 0 Å². The average molecular weight is 400 g/mol. The van der Waals surface area contributed by atoms with Crippen molar-refractivity contribution in [2.24, 2.45) is 0 Å². The van der Waals surface area contributed by atoms with Crippen LogP contribution in [0.1, 0.15) is 15.9 Å². The summed E-state index contributed by atoms with van der Waals surface area (Å²) >= 11 is 0. The number of nitrogens with zero attached hydrogens (tertiary/aromatic N) is 2. The Bertz CT molecular complexity index is 1200. The van der Waals surface area contributed by atoms with E-state index in [2.05, 4.69) is 0 Å². The molecule has 0 aromatic heterocycles. The maximum absolute atomic E-state index is 12.8. The molecule has 0 saturated heterocycles. The van der Waals surface area contributed by atoms with Crippen molar-refractivity contribution in [3.63, 3.8) is 0 Å². The van der Waals surface area contributed by atoms with Gasteiger partial charge in [-0.25, -0.2) is 4.79 Å². The SMILES string of the molecule is CN1C(=O)/C(=C/OC(=O)c2ccc([N+](=O)[O-])cc2-c2ccccc2)c2ccccc21. The van der Waals surface area contributed by atoms with Crippen molar-refractivity contribution in [3.05, 3.63) is 100 Å². The van der Waals surface area contributed by atoms with Crippen LogP contribution >= 0.6 is 0 Å². The molecule has 148 valence electrons. The lowest BCUT2D eigenvalue weighted by Gasteiger charge is -2.09. The molecule has 0 fully saturated rings. The number of benzene rings is 3. The molecule has 30 heavy (non-hydrogen) atoms. The zero-order valence-corrected chi connectivity index (χ0v) is 15.9. The number of rotatable bonds is 4. The highest BCUT2D eigenvalue weighted by Crippen LogP contribution is 2.35. The monoisotopic (exact) mass is 400 g/mol. The van der Waals surface area contributed by atoms with Crippen LogP contribution in [-0.2, 0) is 9.53 Å². The molecular weight excluding hydrogens is 384 g/mol. The Kier molecular flexibility index (Phi) is 4.85. The molecule has 0 saturated carbocycles. The Morgan fingerprint density at radius 3 is 2.43 bits per heavy atom. The fourth-order valence-corrected chi connectivity index (χ4v) is 3.37. The van der Waals surface area contributed by atoms with Gasteiger partial charge in [0.05, 0.1) is 21.7 Å². The molecule has 1 aliphatic heterocycles. The Morgan fingerprint density at radius 1 is 1.00 bits per heavy atom. The minimum atomic E-state index is -0.712. The normalized spacial score (nSPS) is 14.0. The van der Waals surface area contributed by atoms with Crippen LogP contribution < -0.4 is 4.90 Å². The number of nitro groups is 1. The lowest BCUT2D eigenvalue weighted by molar-refractivity contribution is -0.384. The minimum Gasteiger partial charge on any atom is -0.430 e. The molecule has 7 heteroatoms. The van der Waals surface area contributed by atoms with Gasteiger partial charge in [-0.15, -0.1) is 0 Å². The number of hydrogen-bond donors (Lipinski definition) is 0. The molecule has 1 heterocycles. The third-order valence-electron chi connectivity index (χ3n) is 4.89. The third-order valence-corrected chi connectivity index (χ3v) is 4.89. The number of nitro benzene ring substituents is 1. The molecule has 0 N–H and O–H groups in total. The number of anilines is 1. The predicted molar refractivity (Wildman–Crippen MR) is 112 cm³/mol. The van der Waals surface area contributed by atoms with E-state index in [0.29, 0.717) is 16.7 Å². The number of ether oxygens (including phenoxy) is 1. The van der Waals surface area contributed by atoms with E-state index in [9.17, 15) is 19.7 Å². The van der Waals surface area contributed by atoms with Crippen LogP contribution in [0.3, 0.4) is 0 Å². The molecule has 0 aliphatic carbocycles. The van der Waals surface area contributed by atoms with Gasteiger partial charge in [-0.2, -0.15) is 0 Å². The summed E-state index contributed by atoms with van der Waals surface area (Å²) in [6.45, 7) is 0. The van der Waals surface area contributed by atoms with Crippen LogP contribution in [0.15, 0.2) is 79.1 Å². The number of fused-ring (bicyclic) bond motifs is 1. The first-order valence-electron chi connectivity index (χ1n) is 9.10. The van der Waals surface area contributed by atoms with Gasteiger partial charge in [0.2, 0.25) is 0 Å². The molecule has 1 aliphatic rings. The van der Waals surface area contributed by atoms with Crippen molar-refractivity contribution in [3.8, 4) is 11.1 Å². The van der Waals surface area contributed by atoms with Gasteiger partial charge in [-0.1, -0.05) is 48.5 Å². The summed E-state index contributed by atoms with van der Waals surface area (Å²) in [5, 5.41) is 11.2. The third kappa shape index (κ3) is 3.33. The molecule has 0 unspecified atom stereocenters. The smallest absolute Gasteiger partial charge is 0.343 e. The number of carbonyl (C=O) groups excluding carboxylic acids is 2. The fraction of sp³-hybridized carbons (Fsp3) is 0.0435. The first-order chi connectivity index (χ1) is 14.5. The molecular formula is C23H16N2O5. The second-order valence-corrected chi connectivity index (χ2v) is 6.67. The minimum absolute atomic E-state index is 0.134. The van der Waals surface area contributed by atoms with E-state index in [4.69, 9.17) is 4.74 Å². The van der Waals surface area contributed by atoms with Crippen molar-refractivity contribution < 1.29 is 19.2 Å². The molecule has 0 atom stereocenters. The summed E-state index contributed by atoms with van der Waals surface area (Å²) in [5.41, 5.74) is 2.71. The predicted octanol–water partition coefficient (Wildman–Crippen LogP) is 4.44. The molecule has 4 rings (SSSR count). The van der Waals surface area contributed by atoms with Crippen LogP contribution in [0.25, 0.3) is 16.7 Å². The molecule has 7 nitrogen and oxygen atoms in total. The van der Waals surface area contributed by atoms with Gasteiger partial charge in [0, 0.05) is 30.3 Å². The van der Waals surface area contributed by atoms with E-state index in [1.165, 1.54) is 23.1 Å². The number of para-hydroxylation sites is 1. The number of amides is 1. The molecule has 3 aromatic rings. The van der Waals surface area contributed by atoms with Crippen LogP contribution in [0.5, 0.6) is 0 Å². The average Bonchev–Trinajstić information content (AvgIpc) is 3.02. The van der Waals surface area contributed by atoms with E-state index in [1.54, 1.807) is 49.5 Å². The van der Waals surface area contributed by atoms with Crippen molar-refractivity contribution in [1.82, 2.24) is 0 Å². The fourth-order valence-electron chi connectivity index (χ4n) is 3.37. The summed E-state index contributed by atoms with van der Waals surface area (Å²) in [7, 11) is 1.65. The highest BCUT2D eigenvalue weighted by atomic mass is 16.6. The van der Waals surface area contributed by atoms with E-state index in [1.807, 2.05) is 12.1 Å². The Labute approximate surface area is 172 Å². The van der Waals surface area contributed by atoms with Gasteiger partial charge in [0.25, 0.3) is 11.6 Å². The van der Waals surface area contributed by atoms with Crippen LogP contribution in [0, 0.1) is 10.1 Å². The number of non-ortho nitro benzene ring substituents is 1. The molecule has 0 radical (unpaired) electrons. The maximum atomic E-state index is 12.8. The number of hydrogen-bond acceptors (Lipinski definition) is 5. The summed E-state index contributed by atoms with van der Waals surface area (Å²) < 4.78 is 5.33. The van der Waals surface area contributed by atoms with Crippen molar-refractivity contribution >= 4 is 28.8 Å². The largest absolute Gasteiger partial charge is 0.430 e. The first kappa shape index (κ1) is 19.1. The van der Waals surface area contributed by atoms with E-state index >= 15 is 0 Å².